The van der Waals surface area contributed by atoms with Crippen molar-refractivity contribution < 1.29 is 4.79 Å². The maximum absolute atomic E-state index is 12.3. The van der Waals surface area contributed by atoms with Crippen molar-refractivity contribution in [3.8, 4) is 0 Å². The fourth-order valence-corrected chi connectivity index (χ4v) is 5.03. The van der Waals surface area contributed by atoms with Crippen LogP contribution in [0, 0.1) is 5.92 Å². The standard InChI is InChI=1S/C22H28N6O/c1-22(2)17-18(23)24-21(26-19(17)25-20(22)29)28-16-10-6-5-9-14(16)15(27-28)12-11-13-7-3-4-8-13/h6,9-10,13,16H,3-5,7-8,11-12H2,1-2H3,(H3,23,24,25,26,29). The first-order valence-electron chi connectivity index (χ1n) is 10.7. The molecule has 3 heterocycles. The third kappa shape index (κ3) is 2.94. The predicted octanol–water partition coefficient (Wildman–Crippen LogP) is 3.69. The number of amides is 1. The van der Waals surface area contributed by atoms with Crippen LogP contribution in [0.1, 0.15) is 64.4 Å². The fourth-order valence-electron chi connectivity index (χ4n) is 5.03. The molecule has 0 aromatic carbocycles. The highest BCUT2D eigenvalue weighted by Crippen LogP contribution is 2.41. The molecule has 1 atom stereocenters. The van der Waals surface area contributed by atoms with Gasteiger partial charge in [0.2, 0.25) is 5.91 Å². The molecule has 29 heavy (non-hydrogen) atoms. The van der Waals surface area contributed by atoms with Gasteiger partial charge in [-0.3, -0.25) is 4.79 Å². The van der Waals surface area contributed by atoms with Crippen LogP contribution in [0.2, 0.25) is 0 Å². The van der Waals surface area contributed by atoms with Crippen LogP contribution in [0.25, 0.3) is 0 Å². The second-order valence-corrected chi connectivity index (χ2v) is 9.06. The lowest BCUT2D eigenvalue weighted by Gasteiger charge is -2.23. The summed E-state index contributed by atoms with van der Waals surface area (Å²) in [6, 6.07) is 0.00453. The molecule has 1 aromatic heterocycles. The Balaban J connectivity index is 1.47. The van der Waals surface area contributed by atoms with Crippen LogP contribution in [-0.4, -0.2) is 27.6 Å². The molecule has 4 aliphatic rings. The molecule has 0 saturated heterocycles. The minimum Gasteiger partial charge on any atom is -0.383 e. The van der Waals surface area contributed by atoms with Gasteiger partial charge in [-0.15, -0.1) is 0 Å². The molecule has 1 amide bonds. The minimum absolute atomic E-state index is 0.00453. The van der Waals surface area contributed by atoms with Crippen LogP contribution >= 0.6 is 0 Å². The molecule has 1 unspecified atom stereocenters. The van der Waals surface area contributed by atoms with E-state index in [-0.39, 0.29) is 11.9 Å². The van der Waals surface area contributed by atoms with Crippen molar-refractivity contribution >= 4 is 29.2 Å². The van der Waals surface area contributed by atoms with Gasteiger partial charge in [0.05, 0.1) is 16.7 Å². The number of allylic oxidation sites excluding steroid dienone is 2. The molecule has 1 aromatic rings. The second kappa shape index (κ2) is 6.68. The Kier molecular flexibility index (Phi) is 4.22. The Labute approximate surface area is 171 Å². The number of nitrogens with one attached hydrogen (secondary N) is 1. The molecule has 3 N–H and O–H groups in total. The van der Waals surface area contributed by atoms with E-state index in [1.807, 2.05) is 18.9 Å². The molecular weight excluding hydrogens is 364 g/mol. The van der Waals surface area contributed by atoms with E-state index in [0.717, 1.165) is 24.5 Å². The molecule has 2 aliphatic heterocycles. The summed E-state index contributed by atoms with van der Waals surface area (Å²) in [6.45, 7) is 3.68. The molecular formula is C22H28N6O. The van der Waals surface area contributed by atoms with Crippen molar-refractivity contribution in [2.75, 3.05) is 16.1 Å². The Morgan fingerprint density at radius 1 is 1.28 bits per heavy atom. The van der Waals surface area contributed by atoms with Crippen molar-refractivity contribution in [1.29, 1.82) is 0 Å². The number of hydrazone groups is 1. The number of nitrogens with two attached hydrogens (primary N) is 1. The average molecular weight is 393 g/mol. The summed E-state index contributed by atoms with van der Waals surface area (Å²) in [5, 5.41) is 9.64. The summed E-state index contributed by atoms with van der Waals surface area (Å²) >= 11 is 0. The number of anilines is 3. The maximum Gasteiger partial charge on any atom is 0.251 e. The minimum atomic E-state index is -0.728. The smallest absolute Gasteiger partial charge is 0.251 e. The third-order valence-corrected chi connectivity index (χ3v) is 6.75. The number of fused-ring (bicyclic) bond motifs is 2. The van der Waals surface area contributed by atoms with Crippen molar-refractivity contribution in [2.24, 2.45) is 11.0 Å². The van der Waals surface area contributed by atoms with Crippen LogP contribution in [0.4, 0.5) is 17.6 Å². The fraction of sp³-hybridized carbons (Fsp3) is 0.545. The zero-order valence-corrected chi connectivity index (χ0v) is 17.1. The van der Waals surface area contributed by atoms with E-state index in [1.165, 1.54) is 37.7 Å². The van der Waals surface area contributed by atoms with Gasteiger partial charge in [-0.25, -0.2) is 5.01 Å². The van der Waals surface area contributed by atoms with E-state index in [1.54, 1.807) is 0 Å². The van der Waals surface area contributed by atoms with Crippen LogP contribution in [0.5, 0.6) is 0 Å². The van der Waals surface area contributed by atoms with Gasteiger partial charge in [0, 0.05) is 5.57 Å². The molecule has 0 spiro atoms. The van der Waals surface area contributed by atoms with Crippen LogP contribution < -0.4 is 16.1 Å². The first kappa shape index (κ1) is 18.3. The van der Waals surface area contributed by atoms with Gasteiger partial charge in [0.15, 0.2) is 0 Å². The van der Waals surface area contributed by atoms with Gasteiger partial charge < -0.3 is 11.1 Å². The van der Waals surface area contributed by atoms with Gasteiger partial charge in [0.25, 0.3) is 5.95 Å². The predicted molar refractivity (Wildman–Crippen MR) is 115 cm³/mol. The van der Waals surface area contributed by atoms with E-state index < -0.39 is 5.41 Å². The molecule has 0 radical (unpaired) electrons. The molecule has 1 saturated carbocycles. The molecule has 7 heteroatoms. The van der Waals surface area contributed by atoms with Crippen LogP contribution in [-0.2, 0) is 10.2 Å². The van der Waals surface area contributed by atoms with Gasteiger partial charge in [0.1, 0.15) is 17.7 Å². The number of hydrogen-bond acceptors (Lipinski definition) is 6. The monoisotopic (exact) mass is 392 g/mol. The highest BCUT2D eigenvalue weighted by atomic mass is 16.2. The Hall–Kier alpha value is -2.70. The summed E-state index contributed by atoms with van der Waals surface area (Å²) in [4.78, 5) is 21.5. The Bertz CT molecular complexity index is 954. The average Bonchev–Trinajstić information content (AvgIpc) is 3.38. The highest BCUT2D eigenvalue weighted by molar-refractivity contribution is 6.07. The largest absolute Gasteiger partial charge is 0.383 e. The number of nitrogens with zero attached hydrogens (tertiary/aromatic N) is 4. The molecule has 5 rings (SSSR count). The van der Waals surface area contributed by atoms with E-state index in [4.69, 9.17) is 10.8 Å². The third-order valence-electron chi connectivity index (χ3n) is 6.75. The van der Waals surface area contributed by atoms with E-state index in [0.29, 0.717) is 23.1 Å². The highest BCUT2D eigenvalue weighted by Gasteiger charge is 2.43. The normalized spacial score (nSPS) is 25.0. The summed E-state index contributed by atoms with van der Waals surface area (Å²) < 4.78 is 0. The maximum atomic E-state index is 12.3. The first-order chi connectivity index (χ1) is 13.9. The number of rotatable bonds is 4. The Morgan fingerprint density at radius 2 is 2.07 bits per heavy atom. The van der Waals surface area contributed by atoms with E-state index in [9.17, 15) is 4.79 Å². The number of carbonyl (C=O) groups is 1. The number of nitrogen functional groups attached to an aromatic ring is 1. The summed E-state index contributed by atoms with van der Waals surface area (Å²) in [5.74, 6) is 2.01. The SMILES string of the molecule is CC1(C)C(=O)Nc2nc(N3N=C(CCC4CCCC4)C4=CCC=CC43)nc(N)c21. The van der Waals surface area contributed by atoms with Gasteiger partial charge in [-0.2, -0.15) is 15.1 Å². The van der Waals surface area contributed by atoms with Crippen molar-refractivity contribution in [3.05, 3.63) is 29.4 Å². The zero-order valence-electron chi connectivity index (χ0n) is 17.1. The van der Waals surface area contributed by atoms with E-state index in [2.05, 4.69) is 33.5 Å². The second-order valence-electron chi connectivity index (χ2n) is 9.06. The molecule has 2 aliphatic carbocycles. The molecule has 0 bridgehead atoms. The van der Waals surface area contributed by atoms with Crippen molar-refractivity contribution in [1.82, 2.24) is 9.97 Å². The number of hydrogen-bond donors (Lipinski definition) is 2. The van der Waals surface area contributed by atoms with Crippen LogP contribution in [0.15, 0.2) is 28.9 Å². The first-order valence-corrected chi connectivity index (χ1v) is 10.7. The topological polar surface area (TPSA) is 96.5 Å². The van der Waals surface area contributed by atoms with Gasteiger partial charge in [-0.1, -0.05) is 43.9 Å². The van der Waals surface area contributed by atoms with Gasteiger partial charge in [-0.05, 0) is 39.0 Å². The van der Waals surface area contributed by atoms with Crippen molar-refractivity contribution in [2.45, 2.75) is 70.3 Å². The lowest BCUT2D eigenvalue weighted by Crippen LogP contribution is -2.29. The van der Waals surface area contributed by atoms with Crippen molar-refractivity contribution in [3.63, 3.8) is 0 Å². The summed E-state index contributed by atoms with van der Waals surface area (Å²) in [5.41, 5.74) is 8.61. The molecule has 7 nitrogen and oxygen atoms in total. The van der Waals surface area contributed by atoms with Gasteiger partial charge >= 0.3 is 0 Å². The quantitative estimate of drug-likeness (QED) is 0.762. The van der Waals surface area contributed by atoms with Crippen LogP contribution in [0.3, 0.4) is 0 Å². The summed E-state index contributed by atoms with van der Waals surface area (Å²) in [6.07, 6.45) is 15.1. The lowest BCUT2D eigenvalue weighted by molar-refractivity contribution is -0.119. The Morgan fingerprint density at radius 3 is 2.86 bits per heavy atom. The summed E-state index contributed by atoms with van der Waals surface area (Å²) in [7, 11) is 0. The molecule has 152 valence electrons. The number of carbonyl (C=O) groups excluding carboxylic acids is 1. The lowest BCUT2D eigenvalue weighted by atomic mass is 9.87. The number of aromatic nitrogens is 2. The molecule has 1 fully saturated rings. The zero-order chi connectivity index (χ0) is 20.2. The van der Waals surface area contributed by atoms with E-state index >= 15 is 0 Å².